The van der Waals surface area contributed by atoms with Crippen molar-refractivity contribution in [1.29, 1.82) is 0 Å². The number of benzene rings is 2. The number of carbonyl (C=O) groups is 1. The molecular weight excluding hydrogens is 358 g/mol. The molecule has 26 heavy (non-hydrogen) atoms. The van der Waals surface area contributed by atoms with Crippen molar-refractivity contribution < 1.29 is 14.5 Å². The van der Waals surface area contributed by atoms with Crippen LogP contribution in [0.4, 0.5) is 5.69 Å². The van der Waals surface area contributed by atoms with E-state index in [2.05, 4.69) is 5.32 Å². The molecule has 0 spiro atoms. The van der Waals surface area contributed by atoms with Gasteiger partial charge in [-0.1, -0.05) is 30.3 Å². The highest BCUT2D eigenvalue weighted by molar-refractivity contribution is 5.85. The van der Waals surface area contributed by atoms with Crippen LogP contribution in [0.5, 0.6) is 5.75 Å². The Kier molecular flexibility index (Phi) is 7.55. The molecule has 0 heterocycles. The van der Waals surface area contributed by atoms with Gasteiger partial charge in [0, 0.05) is 18.6 Å². The number of non-ortho nitro benzene ring substituents is 1. The third-order valence-corrected chi connectivity index (χ3v) is 3.58. The zero-order chi connectivity index (χ0) is 18.4. The van der Waals surface area contributed by atoms with Gasteiger partial charge in [0.2, 0.25) is 0 Å². The van der Waals surface area contributed by atoms with E-state index in [0.717, 1.165) is 5.56 Å². The van der Waals surface area contributed by atoms with Crippen LogP contribution in [0, 0.1) is 10.1 Å². The lowest BCUT2D eigenvalue weighted by atomic mass is 10.1. The van der Waals surface area contributed by atoms with Crippen LogP contribution in [0.2, 0.25) is 0 Å². The summed E-state index contributed by atoms with van der Waals surface area (Å²) in [5, 5.41) is 13.4. The van der Waals surface area contributed by atoms with Crippen LogP contribution < -0.4 is 15.8 Å². The van der Waals surface area contributed by atoms with E-state index >= 15 is 0 Å². The van der Waals surface area contributed by atoms with Gasteiger partial charge in [0.05, 0.1) is 11.1 Å². The van der Waals surface area contributed by atoms with E-state index in [4.69, 9.17) is 10.5 Å². The predicted octanol–water partition coefficient (Wildman–Crippen LogP) is 2.82. The van der Waals surface area contributed by atoms with Crippen molar-refractivity contribution in [1.82, 2.24) is 5.32 Å². The van der Waals surface area contributed by atoms with Crippen LogP contribution in [-0.4, -0.2) is 22.6 Å². The van der Waals surface area contributed by atoms with Gasteiger partial charge >= 0.3 is 0 Å². The van der Waals surface area contributed by atoms with E-state index in [-0.39, 0.29) is 24.0 Å². The number of nitro groups is 1. The van der Waals surface area contributed by atoms with Gasteiger partial charge in [-0.3, -0.25) is 14.9 Å². The fourth-order valence-corrected chi connectivity index (χ4v) is 2.24. The van der Waals surface area contributed by atoms with Gasteiger partial charge in [0.15, 0.2) is 5.60 Å². The first-order valence-electron chi connectivity index (χ1n) is 7.82. The highest BCUT2D eigenvalue weighted by atomic mass is 35.5. The van der Waals surface area contributed by atoms with Crippen LogP contribution in [-0.2, 0) is 11.2 Å². The second-order valence-electron chi connectivity index (χ2n) is 6.13. The minimum absolute atomic E-state index is 0. The summed E-state index contributed by atoms with van der Waals surface area (Å²) in [6.45, 7) is 3.22. The number of nitrogens with two attached hydrogens (primary N) is 1. The molecule has 2 rings (SSSR count). The maximum absolute atomic E-state index is 12.4. The van der Waals surface area contributed by atoms with Gasteiger partial charge in [-0.2, -0.15) is 0 Å². The summed E-state index contributed by atoms with van der Waals surface area (Å²) in [5.74, 6) is -0.00309. The molecule has 1 atom stereocenters. The normalized spacial score (nSPS) is 11.8. The molecule has 1 unspecified atom stereocenters. The molecule has 0 aromatic heterocycles. The fraction of sp³-hybridized carbons (Fsp3) is 0.278. The fourth-order valence-electron chi connectivity index (χ4n) is 2.24. The number of hydrogen-bond donors (Lipinski definition) is 2. The topological polar surface area (TPSA) is 107 Å². The average molecular weight is 380 g/mol. The van der Waals surface area contributed by atoms with Gasteiger partial charge < -0.3 is 15.8 Å². The molecule has 2 aromatic rings. The summed E-state index contributed by atoms with van der Waals surface area (Å²) in [4.78, 5) is 22.6. The van der Waals surface area contributed by atoms with Crippen molar-refractivity contribution in [2.24, 2.45) is 5.73 Å². The molecule has 0 saturated carbocycles. The summed E-state index contributed by atoms with van der Waals surface area (Å²) in [6, 6.07) is 15.2. The minimum atomic E-state index is -1.18. The third kappa shape index (κ3) is 6.02. The first-order chi connectivity index (χ1) is 11.8. The molecule has 3 N–H and O–H groups in total. The molecule has 1 amide bonds. The van der Waals surface area contributed by atoms with Gasteiger partial charge in [-0.05, 0) is 31.5 Å². The van der Waals surface area contributed by atoms with Gasteiger partial charge in [-0.25, -0.2) is 0 Å². The Labute approximate surface area is 158 Å². The summed E-state index contributed by atoms with van der Waals surface area (Å²) in [5.41, 5.74) is 5.79. The molecule has 7 nitrogen and oxygen atoms in total. The summed E-state index contributed by atoms with van der Waals surface area (Å²) in [6.07, 6.45) is -0.0464. The van der Waals surface area contributed by atoms with E-state index in [0.29, 0.717) is 12.2 Å². The molecule has 8 heteroatoms. The molecule has 2 aromatic carbocycles. The zero-order valence-electron chi connectivity index (χ0n) is 14.5. The lowest BCUT2D eigenvalue weighted by Crippen LogP contribution is -2.53. The van der Waals surface area contributed by atoms with Gasteiger partial charge in [-0.15, -0.1) is 12.4 Å². The molecule has 0 bridgehead atoms. The van der Waals surface area contributed by atoms with E-state index < -0.39 is 16.7 Å². The SMILES string of the molecule is CC(C)(Oc1ccc([N+](=O)[O-])cc1)C(=O)NC(N)Cc1ccccc1.Cl. The monoisotopic (exact) mass is 379 g/mol. The van der Waals surface area contributed by atoms with Crippen molar-refractivity contribution in [2.75, 3.05) is 0 Å². The van der Waals surface area contributed by atoms with Crippen molar-refractivity contribution in [3.05, 3.63) is 70.3 Å². The molecule has 140 valence electrons. The molecule has 0 aliphatic rings. The summed E-state index contributed by atoms with van der Waals surface area (Å²) < 4.78 is 5.66. The Morgan fingerprint density at radius 1 is 1.19 bits per heavy atom. The van der Waals surface area contributed by atoms with E-state index in [1.807, 2.05) is 30.3 Å². The quantitative estimate of drug-likeness (QED) is 0.437. The average Bonchev–Trinajstić information content (AvgIpc) is 2.55. The molecule has 0 fully saturated rings. The molecule has 0 radical (unpaired) electrons. The number of hydrogen-bond acceptors (Lipinski definition) is 5. The van der Waals surface area contributed by atoms with Crippen LogP contribution >= 0.6 is 12.4 Å². The van der Waals surface area contributed by atoms with Crippen LogP contribution in [0.25, 0.3) is 0 Å². The maximum Gasteiger partial charge on any atom is 0.269 e. The zero-order valence-corrected chi connectivity index (χ0v) is 15.4. The maximum atomic E-state index is 12.4. The number of nitro benzene ring substituents is 1. The Hall–Kier alpha value is -2.64. The number of amides is 1. The molecular formula is C18H22ClN3O4. The number of carbonyl (C=O) groups excluding carboxylic acids is 1. The largest absolute Gasteiger partial charge is 0.478 e. The third-order valence-electron chi connectivity index (χ3n) is 3.58. The van der Waals surface area contributed by atoms with Crippen LogP contribution in [0.15, 0.2) is 54.6 Å². The van der Waals surface area contributed by atoms with Crippen LogP contribution in [0.1, 0.15) is 19.4 Å². The first kappa shape index (κ1) is 21.4. The summed E-state index contributed by atoms with van der Waals surface area (Å²) in [7, 11) is 0. The highest BCUT2D eigenvalue weighted by Gasteiger charge is 2.31. The van der Waals surface area contributed by atoms with E-state index in [9.17, 15) is 14.9 Å². The van der Waals surface area contributed by atoms with Crippen molar-refractivity contribution in [2.45, 2.75) is 32.0 Å². The standard InChI is InChI=1S/C18H21N3O4.ClH/c1-18(2,25-15-10-8-14(9-11-15)21(23)24)17(22)20-16(19)12-13-6-4-3-5-7-13;/h3-11,16H,12,19H2,1-2H3,(H,20,22);1H. The molecule has 0 saturated heterocycles. The molecule has 0 aliphatic carbocycles. The number of halogens is 1. The van der Waals surface area contributed by atoms with Crippen molar-refractivity contribution in [3.63, 3.8) is 0 Å². The number of rotatable bonds is 7. The second kappa shape index (κ2) is 9.17. The van der Waals surface area contributed by atoms with Crippen LogP contribution in [0.3, 0.4) is 0 Å². The first-order valence-corrected chi connectivity index (χ1v) is 7.82. The van der Waals surface area contributed by atoms with Gasteiger partial charge in [0.1, 0.15) is 5.75 Å². The van der Waals surface area contributed by atoms with Crippen molar-refractivity contribution in [3.8, 4) is 5.75 Å². The number of nitrogens with zero attached hydrogens (tertiary/aromatic N) is 1. The minimum Gasteiger partial charge on any atom is -0.478 e. The smallest absolute Gasteiger partial charge is 0.269 e. The number of ether oxygens (including phenoxy) is 1. The lowest BCUT2D eigenvalue weighted by molar-refractivity contribution is -0.384. The Morgan fingerprint density at radius 3 is 2.31 bits per heavy atom. The van der Waals surface area contributed by atoms with E-state index in [1.165, 1.54) is 24.3 Å². The second-order valence-corrected chi connectivity index (χ2v) is 6.13. The lowest BCUT2D eigenvalue weighted by Gasteiger charge is -2.27. The Bertz CT molecular complexity index is 736. The Morgan fingerprint density at radius 2 is 1.77 bits per heavy atom. The Balaban J connectivity index is 0.00000338. The molecule has 0 aliphatic heterocycles. The van der Waals surface area contributed by atoms with Crippen molar-refractivity contribution >= 4 is 24.0 Å². The number of nitrogens with one attached hydrogen (secondary N) is 1. The van der Waals surface area contributed by atoms with E-state index in [1.54, 1.807) is 13.8 Å². The van der Waals surface area contributed by atoms with Gasteiger partial charge in [0.25, 0.3) is 11.6 Å². The summed E-state index contributed by atoms with van der Waals surface area (Å²) >= 11 is 0. The highest BCUT2D eigenvalue weighted by Crippen LogP contribution is 2.22. The predicted molar refractivity (Wildman–Crippen MR) is 101 cm³/mol.